The molecule has 1 fully saturated rings. The molecule has 0 bridgehead atoms. The summed E-state index contributed by atoms with van der Waals surface area (Å²) in [5, 5.41) is 0. The standard InChI is InChI=1S/C7H10O/c1-4-6-7(8-6)5(2)3/h1,5-7H,2-3H3/t6-,7-/m1/s1. The van der Waals surface area contributed by atoms with Crippen LogP contribution in [0.15, 0.2) is 0 Å². The molecule has 1 nitrogen and oxygen atoms in total. The van der Waals surface area contributed by atoms with Crippen molar-refractivity contribution in [2.75, 3.05) is 0 Å². The number of terminal acetylenes is 1. The molecule has 0 amide bonds. The lowest BCUT2D eigenvalue weighted by Crippen LogP contribution is -1.99. The fourth-order valence-corrected chi connectivity index (χ4v) is 0.765. The quantitative estimate of drug-likeness (QED) is 0.363. The number of epoxide rings is 1. The van der Waals surface area contributed by atoms with Gasteiger partial charge in [-0.2, -0.15) is 0 Å². The van der Waals surface area contributed by atoms with E-state index in [1.165, 1.54) is 0 Å². The van der Waals surface area contributed by atoms with Gasteiger partial charge in [0.25, 0.3) is 0 Å². The average molecular weight is 110 g/mol. The van der Waals surface area contributed by atoms with Crippen molar-refractivity contribution < 1.29 is 4.74 Å². The van der Waals surface area contributed by atoms with Crippen molar-refractivity contribution >= 4 is 0 Å². The van der Waals surface area contributed by atoms with Crippen molar-refractivity contribution in [2.24, 2.45) is 5.92 Å². The van der Waals surface area contributed by atoms with Crippen molar-refractivity contribution in [1.82, 2.24) is 0 Å². The lowest BCUT2D eigenvalue weighted by molar-refractivity contribution is 0.347. The Morgan fingerprint density at radius 2 is 2.25 bits per heavy atom. The predicted molar refractivity (Wildman–Crippen MR) is 32.3 cm³/mol. The third kappa shape index (κ3) is 0.850. The minimum atomic E-state index is 0.120. The summed E-state index contributed by atoms with van der Waals surface area (Å²) < 4.78 is 5.09. The molecule has 1 rings (SSSR count). The summed E-state index contributed by atoms with van der Waals surface area (Å²) in [6.45, 7) is 4.23. The molecule has 1 heteroatoms. The van der Waals surface area contributed by atoms with Gasteiger partial charge >= 0.3 is 0 Å². The maximum atomic E-state index is 5.09. The Hall–Kier alpha value is -0.480. The number of rotatable bonds is 1. The van der Waals surface area contributed by atoms with E-state index >= 15 is 0 Å². The van der Waals surface area contributed by atoms with Crippen LogP contribution in [0, 0.1) is 18.3 Å². The minimum absolute atomic E-state index is 0.120. The number of hydrogen-bond donors (Lipinski definition) is 0. The highest BCUT2D eigenvalue weighted by Gasteiger charge is 2.39. The van der Waals surface area contributed by atoms with Gasteiger partial charge in [-0.1, -0.05) is 19.8 Å². The van der Waals surface area contributed by atoms with E-state index in [0.717, 1.165) is 0 Å². The minimum Gasteiger partial charge on any atom is -0.356 e. The van der Waals surface area contributed by atoms with Crippen LogP contribution in [0.25, 0.3) is 0 Å². The summed E-state index contributed by atoms with van der Waals surface area (Å²) in [7, 11) is 0. The van der Waals surface area contributed by atoms with Crippen molar-refractivity contribution in [3.63, 3.8) is 0 Å². The van der Waals surface area contributed by atoms with E-state index in [9.17, 15) is 0 Å². The Bertz CT molecular complexity index is 121. The summed E-state index contributed by atoms with van der Waals surface area (Å²) in [6, 6.07) is 0. The monoisotopic (exact) mass is 110 g/mol. The van der Waals surface area contributed by atoms with Crippen molar-refractivity contribution in [3.8, 4) is 12.3 Å². The van der Waals surface area contributed by atoms with Gasteiger partial charge in [0.15, 0.2) is 0 Å². The molecule has 1 aliphatic rings. The number of ether oxygens (including phenoxy) is 1. The molecule has 0 aromatic carbocycles. The van der Waals surface area contributed by atoms with Crippen LogP contribution in [-0.2, 0) is 4.74 Å². The highest BCUT2D eigenvalue weighted by molar-refractivity contribution is 5.08. The molecule has 0 aliphatic carbocycles. The van der Waals surface area contributed by atoms with E-state index in [-0.39, 0.29) is 6.10 Å². The molecule has 0 radical (unpaired) electrons. The van der Waals surface area contributed by atoms with Crippen LogP contribution in [0.5, 0.6) is 0 Å². The second-order valence-corrected chi connectivity index (χ2v) is 2.43. The molecule has 1 heterocycles. The molecule has 0 unspecified atom stereocenters. The van der Waals surface area contributed by atoms with E-state index < -0.39 is 0 Å². The van der Waals surface area contributed by atoms with Gasteiger partial charge < -0.3 is 4.74 Å². The zero-order chi connectivity index (χ0) is 6.15. The second-order valence-electron chi connectivity index (χ2n) is 2.43. The van der Waals surface area contributed by atoms with Gasteiger partial charge in [-0.05, 0) is 5.92 Å². The van der Waals surface area contributed by atoms with E-state index in [0.29, 0.717) is 12.0 Å². The molecular weight excluding hydrogens is 100 g/mol. The third-order valence-corrected chi connectivity index (χ3v) is 1.35. The fourth-order valence-electron chi connectivity index (χ4n) is 0.765. The first kappa shape index (κ1) is 5.65. The van der Waals surface area contributed by atoms with Gasteiger partial charge in [0.1, 0.15) is 6.10 Å². The van der Waals surface area contributed by atoms with E-state index in [4.69, 9.17) is 11.2 Å². The normalized spacial score (nSPS) is 34.8. The fraction of sp³-hybridized carbons (Fsp3) is 0.714. The Morgan fingerprint density at radius 3 is 2.38 bits per heavy atom. The Kier molecular flexibility index (Phi) is 1.27. The molecule has 0 aromatic heterocycles. The van der Waals surface area contributed by atoms with Gasteiger partial charge in [-0.3, -0.25) is 0 Å². The van der Waals surface area contributed by atoms with Crippen LogP contribution in [0.3, 0.4) is 0 Å². The zero-order valence-corrected chi connectivity index (χ0v) is 5.22. The molecule has 8 heavy (non-hydrogen) atoms. The largest absolute Gasteiger partial charge is 0.356 e. The Morgan fingerprint density at radius 1 is 1.62 bits per heavy atom. The molecule has 2 atom stereocenters. The first-order valence-electron chi connectivity index (χ1n) is 2.87. The average Bonchev–Trinajstić information content (AvgIpc) is 2.42. The third-order valence-electron chi connectivity index (χ3n) is 1.35. The first-order valence-corrected chi connectivity index (χ1v) is 2.87. The molecule has 44 valence electrons. The van der Waals surface area contributed by atoms with E-state index in [1.54, 1.807) is 0 Å². The van der Waals surface area contributed by atoms with Crippen LogP contribution >= 0.6 is 0 Å². The molecule has 0 N–H and O–H groups in total. The Labute approximate surface area is 50.0 Å². The SMILES string of the molecule is C#C[C@H]1O[C@@H]1C(C)C. The van der Waals surface area contributed by atoms with Gasteiger partial charge in [0.05, 0.1) is 6.10 Å². The molecule has 1 saturated heterocycles. The molecule has 0 aromatic rings. The van der Waals surface area contributed by atoms with E-state index in [1.807, 2.05) is 0 Å². The zero-order valence-electron chi connectivity index (χ0n) is 5.22. The summed E-state index contributed by atoms with van der Waals surface area (Å²) in [6.07, 6.45) is 5.55. The highest BCUT2D eigenvalue weighted by Crippen LogP contribution is 2.27. The molecule has 0 spiro atoms. The highest BCUT2D eigenvalue weighted by atomic mass is 16.6. The summed E-state index contributed by atoms with van der Waals surface area (Å²) >= 11 is 0. The lowest BCUT2D eigenvalue weighted by atomic mass is 10.1. The van der Waals surface area contributed by atoms with Gasteiger partial charge in [0.2, 0.25) is 0 Å². The maximum Gasteiger partial charge on any atom is 0.144 e. The van der Waals surface area contributed by atoms with Crippen LogP contribution in [0.4, 0.5) is 0 Å². The second kappa shape index (κ2) is 1.80. The smallest absolute Gasteiger partial charge is 0.144 e. The van der Waals surface area contributed by atoms with Crippen LogP contribution in [0.2, 0.25) is 0 Å². The van der Waals surface area contributed by atoms with E-state index in [2.05, 4.69) is 19.8 Å². The number of hydrogen-bond acceptors (Lipinski definition) is 1. The van der Waals surface area contributed by atoms with Crippen molar-refractivity contribution in [2.45, 2.75) is 26.1 Å². The van der Waals surface area contributed by atoms with Crippen molar-refractivity contribution in [3.05, 3.63) is 0 Å². The molecule has 0 saturated carbocycles. The van der Waals surface area contributed by atoms with Gasteiger partial charge in [0, 0.05) is 0 Å². The maximum absolute atomic E-state index is 5.09. The Balaban J connectivity index is 2.29. The van der Waals surface area contributed by atoms with Crippen molar-refractivity contribution in [1.29, 1.82) is 0 Å². The predicted octanol–water partition coefficient (Wildman–Crippen LogP) is 1.04. The molecule has 1 aliphatic heterocycles. The first-order chi connectivity index (χ1) is 3.75. The van der Waals surface area contributed by atoms with Crippen LogP contribution in [-0.4, -0.2) is 12.2 Å². The van der Waals surface area contributed by atoms with Gasteiger partial charge in [-0.25, -0.2) is 0 Å². The topological polar surface area (TPSA) is 12.5 Å². The summed E-state index contributed by atoms with van der Waals surface area (Å²) in [5.41, 5.74) is 0. The van der Waals surface area contributed by atoms with Crippen LogP contribution in [0.1, 0.15) is 13.8 Å². The van der Waals surface area contributed by atoms with Gasteiger partial charge in [-0.15, -0.1) is 6.42 Å². The lowest BCUT2D eigenvalue weighted by Gasteiger charge is -1.92. The van der Waals surface area contributed by atoms with Crippen LogP contribution < -0.4 is 0 Å². The molecular formula is C7H10O. The summed E-state index contributed by atoms with van der Waals surface area (Å²) in [5.74, 6) is 3.13. The summed E-state index contributed by atoms with van der Waals surface area (Å²) in [4.78, 5) is 0.